The van der Waals surface area contributed by atoms with Crippen LogP contribution in [-0.4, -0.2) is 14.7 Å². The van der Waals surface area contributed by atoms with Gasteiger partial charge in [0.2, 0.25) is 0 Å². The molecule has 2 aromatic carbocycles. The van der Waals surface area contributed by atoms with E-state index in [1.807, 2.05) is 42.5 Å². The quantitative estimate of drug-likeness (QED) is 0.842. The van der Waals surface area contributed by atoms with E-state index in [1.54, 1.807) is 0 Å². The molecule has 1 aliphatic carbocycles. The van der Waals surface area contributed by atoms with E-state index in [2.05, 4.69) is 0 Å². The Morgan fingerprint density at radius 1 is 0.957 bits per heavy atom. The first-order valence-electron chi connectivity index (χ1n) is 7.02. The topological polar surface area (TPSA) is 34.1 Å². The summed E-state index contributed by atoms with van der Waals surface area (Å²) in [6.07, 6.45) is 5.16. The molecule has 5 heteroatoms. The highest BCUT2D eigenvalue weighted by atomic mass is 32.2. The lowest BCUT2D eigenvalue weighted by molar-refractivity contribution is 0.520. The Bertz CT molecular complexity index is 904. The fraction of sp³-hybridized carbons (Fsp3) is 0.111. The number of allylic oxidation sites excluding steroid dienone is 4. The third-order valence-corrected chi connectivity index (χ3v) is 4.87. The Morgan fingerprint density at radius 2 is 1.57 bits per heavy atom. The van der Waals surface area contributed by atoms with E-state index >= 15 is 0 Å². The van der Waals surface area contributed by atoms with Crippen LogP contribution in [0.5, 0.6) is 0 Å². The summed E-state index contributed by atoms with van der Waals surface area (Å²) < 4.78 is 51.2. The second-order valence-electron chi connectivity index (χ2n) is 5.41. The van der Waals surface area contributed by atoms with Gasteiger partial charge in [0.05, 0.1) is 0 Å². The van der Waals surface area contributed by atoms with Crippen molar-refractivity contribution >= 4 is 21.0 Å². The molecule has 0 saturated carbocycles. The zero-order valence-corrected chi connectivity index (χ0v) is 13.2. The van der Waals surface area contributed by atoms with E-state index in [-0.39, 0.29) is 0 Å². The molecule has 0 fully saturated rings. The van der Waals surface area contributed by atoms with Gasteiger partial charge in [0.1, 0.15) is 16.5 Å². The lowest BCUT2D eigenvalue weighted by atomic mass is 9.96. The molecular weight excluding hydrogens is 318 g/mol. The van der Waals surface area contributed by atoms with Gasteiger partial charge in [-0.1, -0.05) is 42.5 Å². The molecule has 0 spiro atoms. The minimum atomic E-state index is -3.95. The van der Waals surface area contributed by atoms with Gasteiger partial charge in [0, 0.05) is 6.26 Å². The van der Waals surface area contributed by atoms with Crippen LogP contribution in [0.25, 0.3) is 11.1 Å². The molecule has 0 aliphatic heterocycles. The molecule has 2 nitrogen and oxygen atoms in total. The minimum Gasteiger partial charge on any atom is -0.224 e. The van der Waals surface area contributed by atoms with Crippen LogP contribution in [0.1, 0.15) is 17.5 Å². The maximum absolute atomic E-state index is 14.1. The molecule has 0 aromatic heterocycles. The van der Waals surface area contributed by atoms with Crippen molar-refractivity contribution in [1.29, 1.82) is 0 Å². The predicted octanol–water partition coefficient (Wildman–Crippen LogP) is 4.24. The number of rotatable bonds is 3. The number of sulfone groups is 1. The summed E-state index contributed by atoms with van der Waals surface area (Å²) in [4.78, 5) is -0.880. The molecule has 3 rings (SSSR count). The van der Waals surface area contributed by atoms with Gasteiger partial charge < -0.3 is 0 Å². The number of hydrogen-bond acceptors (Lipinski definition) is 2. The van der Waals surface area contributed by atoms with E-state index in [4.69, 9.17) is 0 Å². The van der Waals surface area contributed by atoms with Gasteiger partial charge >= 0.3 is 0 Å². The summed E-state index contributed by atoms with van der Waals surface area (Å²) in [6, 6.07) is 11.7. The summed E-state index contributed by atoms with van der Waals surface area (Å²) in [5.74, 6) is -2.12. The second-order valence-corrected chi connectivity index (χ2v) is 7.36. The fourth-order valence-corrected chi connectivity index (χ4v) is 3.58. The van der Waals surface area contributed by atoms with E-state index in [0.717, 1.165) is 35.1 Å². The molecule has 0 radical (unpaired) electrons. The SMILES string of the molecule is CS(=O)(=O)c1c(F)cc(C2=C(c3ccccc3)C=CC2)cc1F. The first-order valence-corrected chi connectivity index (χ1v) is 8.91. The van der Waals surface area contributed by atoms with Crippen LogP contribution < -0.4 is 0 Å². The molecule has 0 N–H and O–H groups in total. The molecule has 0 bridgehead atoms. The molecule has 1 aliphatic rings. The van der Waals surface area contributed by atoms with Crippen molar-refractivity contribution in [1.82, 2.24) is 0 Å². The largest absolute Gasteiger partial charge is 0.224 e. The number of hydrogen-bond donors (Lipinski definition) is 0. The zero-order chi connectivity index (χ0) is 16.6. The van der Waals surface area contributed by atoms with Crippen LogP contribution in [0.4, 0.5) is 8.78 Å². The highest BCUT2D eigenvalue weighted by Crippen LogP contribution is 2.36. The van der Waals surface area contributed by atoms with Crippen LogP contribution in [0.3, 0.4) is 0 Å². The molecule has 0 unspecified atom stereocenters. The van der Waals surface area contributed by atoms with Crippen molar-refractivity contribution in [2.24, 2.45) is 0 Å². The van der Waals surface area contributed by atoms with Crippen LogP contribution >= 0.6 is 0 Å². The van der Waals surface area contributed by atoms with Gasteiger partial charge in [-0.25, -0.2) is 17.2 Å². The maximum atomic E-state index is 14.1. The average Bonchev–Trinajstić information content (AvgIpc) is 2.95. The van der Waals surface area contributed by atoms with Crippen molar-refractivity contribution in [3.63, 3.8) is 0 Å². The monoisotopic (exact) mass is 332 g/mol. The highest BCUT2D eigenvalue weighted by Gasteiger charge is 2.23. The second kappa shape index (κ2) is 5.74. The van der Waals surface area contributed by atoms with Crippen molar-refractivity contribution in [2.75, 3.05) is 6.26 Å². The Hall–Kier alpha value is -2.27. The molecule has 0 atom stereocenters. The lowest BCUT2D eigenvalue weighted by Gasteiger charge is -2.11. The van der Waals surface area contributed by atoms with E-state index in [9.17, 15) is 17.2 Å². The Kier molecular flexibility index (Phi) is 3.90. The van der Waals surface area contributed by atoms with Crippen molar-refractivity contribution in [3.8, 4) is 0 Å². The zero-order valence-electron chi connectivity index (χ0n) is 12.4. The van der Waals surface area contributed by atoms with E-state index in [1.165, 1.54) is 0 Å². The van der Waals surface area contributed by atoms with Gasteiger partial charge in [-0.15, -0.1) is 0 Å². The molecule has 2 aromatic rings. The Labute approximate surface area is 133 Å². The molecule has 0 amide bonds. The average molecular weight is 332 g/mol. The summed E-state index contributed by atoms with van der Waals surface area (Å²) >= 11 is 0. The molecule has 118 valence electrons. The maximum Gasteiger partial charge on any atom is 0.181 e. The van der Waals surface area contributed by atoms with Crippen molar-refractivity contribution in [2.45, 2.75) is 11.3 Å². The third kappa shape index (κ3) is 2.97. The van der Waals surface area contributed by atoms with Gasteiger partial charge in [-0.2, -0.15) is 0 Å². The van der Waals surface area contributed by atoms with Gasteiger partial charge in [0.25, 0.3) is 0 Å². The van der Waals surface area contributed by atoms with Crippen LogP contribution in [0.15, 0.2) is 59.5 Å². The summed E-state index contributed by atoms with van der Waals surface area (Å²) in [6.45, 7) is 0. The fourth-order valence-electron chi connectivity index (χ4n) is 2.76. The standard InChI is InChI=1S/C18H14F2O2S/c1-23(21,22)18-16(19)10-13(11-17(18)20)15-9-5-8-14(15)12-6-3-2-4-7-12/h2-8,10-11H,9H2,1H3. The summed E-state index contributed by atoms with van der Waals surface area (Å²) in [5.41, 5.74) is 2.96. The first-order chi connectivity index (χ1) is 10.9. The van der Waals surface area contributed by atoms with Gasteiger partial charge in [-0.05, 0) is 40.8 Å². The van der Waals surface area contributed by atoms with E-state index in [0.29, 0.717) is 12.0 Å². The van der Waals surface area contributed by atoms with Crippen LogP contribution in [0, 0.1) is 11.6 Å². The molecule has 23 heavy (non-hydrogen) atoms. The normalized spacial score (nSPS) is 14.6. The molecule has 0 heterocycles. The van der Waals surface area contributed by atoms with Gasteiger partial charge in [-0.3, -0.25) is 0 Å². The minimum absolute atomic E-state index is 0.358. The molecular formula is C18H14F2O2S. The van der Waals surface area contributed by atoms with Crippen LogP contribution in [0.2, 0.25) is 0 Å². The Morgan fingerprint density at radius 3 is 2.13 bits per heavy atom. The summed E-state index contributed by atoms with van der Waals surface area (Å²) in [7, 11) is -3.95. The van der Waals surface area contributed by atoms with Crippen molar-refractivity contribution in [3.05, 3.63) is 77.4 Å². The Balaban J connectivity index is 2.16. The third-order valence-electron chi connectivity index (χ3n) is 3.73. The smallest absolute Gasteiger partial charge is 0.181 e. The lowest BCUT2D eigenvalue weighted by Crippen LogP contribution is -2.05. The van der Waals surface area contributed by atoms with E-state index < -0.39 is 26.4 Å². The number of halogens is 2. The van der Waals surface area contributed by atoms with Gasteiger partial charge in [0.15, 0.2) is 9.84 Å². The summed E-state index contributed by atoms with van der Waals surface area (Å²) in [5, 5.41) is 0. The van der Waals surface area contributed by atoms with Crippen molar-refractivity contribution < 1.29 is 17.2 Å². The highest BCUT2D eigenvalue weighted by molar-refractivity contribution is 7.90. The number of benzene rings is 2. The first kappa shape index (κ1) is 15.6. The molecule has 0 saturated heterocycles. The predicted molar refractivity (Wildman–Crippen MR) is 86.5 cm³/mol. The van der Waals surface area contributed by atoms with Crippen LogP contribution in [-0.2, 0) is 9.84 Å².